The fourth-order valence-corrected chi connectivity index (χ4v) is 0.450. The number of rotatable bonds is 0. The lowest BCUT2D eigenvalue weighted by atomic mass is 13.9. The molecule has 0 fully saturated rings. The zero-order valence-corrected chi connectivity index (χ0v) is 3.51. The second kappa shape index (κ2) is 0.568. The SMILES string of the molecule is N#S1=PN1. The maximum Gasteiger partial charge on any atom is 0.101 e. The van der Waals surface area contributed by atoms with E-state index in [-0.39, 0.29) is 9.89 Å². The molecule has 1 rings (SSSR count). The van der Waals surface area contributed by atoms with Gasteiger partial charge in [-0.2, -0.15) is 9.10 Å². The molecule has 0 atom stereocenters. The molecule has 0 spiro atoms. The smallest absolute Gasteiger partial charge is 0.101 e. The van der Waals surface area contributed by atoms with Crippen LogP contribution in [0.25, 0.3) is 0 Å². The monoisotopic (exact) mass is 92.0 g/mol. The first-order valence-corrected chi connectivity index (χ1v) is 3.47. The van der Waals surface area contributed by atoms with E-state index in [9.17, 15) is 0 Å². The van der Waals surface area contributed by atoms with Crippen molar-refractivity contribution in [1.29, 1.82) is 4.61 Å². The summed E-state index contributed by atoms with van der Waals surface area (Å²) >= 11 is 0. The Morgan fingerprint density at radius 2 is 2.25 bits per heavy atom. The Morgan fingerprint density at radius 3 is 2.25 bits per heavy atom. The highest BCUT2D eigenvalue weighted by Crippen LogP contribution is 2.01. The van der Waals surface area contributed by atoms with Crippen LogP contribution in [0.15, 0.2) is 0 Å². The van der Waals surface area contributed by atoms with Crippen molar-refractivity contribution in [3.63, 3.8) is 0 Å². The van der Waals surface area contributed by atoms with Crippen LogP contribution < -0.4 is 4.49 Å². The van der Waals surface area contributed by atoms with Crippen molar-refractivity contribution in [3.05, 3.63) is 0 Å². The third-order valence-corrected chi connectivity index (χ3v) is 1.56. The molecule has 0 radical (unpaired) electrons. The number of nitrogens with one attached hydrogen (secondary N) is 1. The van der Waals surface area contributed by atoms with Gasteiger partial charge in [0.15, 0.2) is 0 Å². The largest absolute Gasteiger partial charge is 0.167 e. The summed E-state index contributed by atoms with van der Waals surface area (Å²) in [6.45, 7) is 0. The van der Waals surface area contributed by atoms with Gasteiger partial charge < -0.3 is 0 Å². The second-order valence-electron chi connectivity index (χ2n) is 0.447. The van der Waals surface area contributed by atoms with Crippen molar-refractivity contribution in [2.24, 2.45) is 0 Å². The summed E-state index contributed by atoms with van der Waals surface area (Å²) < 4.78 is 10.7. The normalized spacial score (nSPS) is 23.2. The number of hydrogen-bond donors (Lipinski definition) is 1. The first-order valence-electron chi connectivity index (χ1n) is 0.793. The fraction of sp³-hybridized carbons (Fsp3) is 0. The van der Waals surface area contributed by atoms with Crippen molar-refractivity contribution in [1.82, 2.24) is 4.49 Å². The van der Waals surface area contributed by atoms with E-state index in [0.717, 1.165) is 7.51 Å². The van der Waals surface area contributed by atoms with Crippen molar-refractivity contribution >= 4 is 17.4 Å². The van der Waals surface area contributed by atoms with Crippen LogP contribution in [0.4, 0.5) is 0 Å². The van der Waals surface area contributed by atoms with Gasteiger partial charge >= 0.3 is 0 Å². The maximum atomic E-state index is 8.07. The molecule has 0 bridgehead atoms. The average molecular weight is 92.1 g/mol. The molecule has 4 heteroatoms. The van der Waals surface area contributed by atoms with Gasteiger partial charge in [-0.25, -0.2) is 0 Å². The zero-order chi connectivity index (χ0) is 2.99. The molecule has 2 nitrogen and oxygen atoms in total. The molecule has 0 aromatic heterocycles. The van der Waals surface area contributed by atoms with Crippen LogP contribution in [0.1, 0.15) is 0 Å². The molecule has 0 aromatic rings. The van der Waals surface area contributed by atoms with Gasteiger partial charge in [-0.1, -0.05) is 0 Å². The highest BCUT2D eigenvalue weighted by atomic mass is 32.5. The van der Waals surface area contributed by atoms with Gasteiger partial charge in [-0.05, 0) is 0 Å². The van der Waals surface area contributed by atoms with Crippen LogP contribution >= 0.6 is 7.51 Å². The van der Waals surface area contributed by atoms with Gasteiger partial charge in [-0.3, -0.25) is 0 Å². The molecule has 0 saturated carbocycles. The maximum absolute atomic E-state index is 8.07. The minimum atomic E-state index is -0.389. The van der Waals surface area contributed by atoms with Crippen molar-refractivity contribution in [2.45, 2.75) is 0 Å². The first-order chi connectivity index (χ1) is 1.89. The van der Waals surface area contributed by atoms with Gasteiger partial charge in [0.25, 0.3) is 0 Å². The fourth-order valence-electron chi connectivity index (χ4n) is 0.0167. The summed E-state index contributed by atoms with van der Waals surface area (Å²) in [5.74, 6) is 0. The predicted molar refractivity (Wildman–Crippen MR) is 19.1 cm³/mol. The molecule has 1 aliphatic rings. The van der Waals surface area contributed by atoms with E-state index >= 15 is 0 Å². The Hall–Kier alpha value is 0.190. The van der Waals surface area contributed by atoms with E-state index in [1.807, 2.05) is 0 Å². The Balaban J connectivity index is 3.43. The molecule has 0 aromatic carbocycles. The molecule has 0 unspecified atom stereocenters. The minimum absolute atomic E-state index is 0.389. The van der Waals surface area contributed by atoms with Crippen LogP contribution in [0.3, 0.4) is 0 Å². The van der Waals surface area contributed by atoms with E-state index in [0.29, 0.717) is 0 Å². The summed E-state index contributed by atoms with van der Waals surface area (Å²) in [5, 5.41) is 0. The van der Waals surface area contributed by atoms with E-state index in [1.165, 1.54) is 0 Å². The molecular formula is HN2PS. The van der Waals surface area contributed by atoms with Crippen LogP contribution in [0.2, 0.25) is 0 Å². The van der Waals surface area contributed by atoms with Crippen molar-refractivity contribution in [3.8, 4) is 0 Å². The summed E-state index contributed by atoms with van der Waals surface area (Å²) in [6.07, 6.45) is 0. The Kier molecular flexibility index (Phi) is 0.345. The molecule has 1 aliphatic heterocycles. The number of nitrogens with zero attached hydrogens (tertiary/aromatic N) is 1. The molecule has 22 valence electrons. The van der Waals surface area contributed by atoms with Gasteiger partial charge in [0.05, 0.1) is 9.89 Å². The van der Waals surface area contributed by atoms with E-state index < -0.39 is 0 Å². The zero-order valence-electron chi connectivity index (χ0n) is 1.80. The molecule has 0 aliphatic carbocycles. The summed E-state index contributed by atoms with van der Waals surface area (Å²) in [7, 11) is 0.610. The lowest BCUT2D eigenvalue weighted by Crippen LogP contribution is -1.56. The quantitative estimate of drug-likeness (QED) is 0.439. The van der Waals surface area contributed by atoms with Crippen LogP contribution in [0.5, 0.6) is 0 Å². The van der Waals surface area contributed by atoms with Crippen LogP contribution in [-0.2, 0) is 9.89 Å². The summed E-state index contributed by atoms with van der Waals surface area (Å²) in [4.78, 5) is 0. The lowest BCUT2D eigenvalue weighted by Gasteiger charge is -1.25. The molecule has 1 N–H and O–H groups in total. The molecular weight excluding hydrogens is 91.1 g/mol. The van der Waals surface area contributed by atoms with Crippen molar-refractivity contribution in [2.75, 3.05) is 0 Å². The molecule has 0 saturated heterocycles. The Bertz CT molecular complexity index is 127. The molecule has 0 amide bonds. The lowest BCUT2D eigenvalue weighted by molar-refractivity contribution is 1.63. The topological polar surface area (TPSA) is 45.7 Å². The minimum Gasteiger partial charge on any atom is -0.167 e. The molecule has 4 heavy (non-hydrogen) atoms. The Morgan fingerprint density at radius 1 is 2.00 bits per heavy atom. The standard InChI is InChI=1S/HN2PS/c1-4-2-3-4/h2H. The average Bonchev–Trinajstić information content (AvgIpc) is 1.75. The van der Waals surface area contributed by atoms with Gasteiger partial charge in [0.1, 0.15) is 7.51 Å². The van der Waals surface area contributed by atoms with E-state index in [2.05, 4.69) is 4.49 Å². The number of hydrogen-bond acceptors (Lipinski definition) is 2. The van der Waals surface area contributed by atoms with Gasteiger partial charge in [0.2, 0.25) is 0 Å². The highest BCUT2D eigenvalue weighted by Gasteiger charge is 1.87. The van der Waals surface area contributed by atoms with Gasteiger partial charge in [0, 0.05) is 0 Å². The Labute approximate surface area is 27.4 Å². The van der Waals surface area contributed by atoms with E-state index in [4.69, 9.17) is 4.61 Å². The third kappa shape index (κ3) is 0.305. The highest BCUT2D eigenvalue weighted by molar-refractivity contribution is 8.24. The van der Waals surface area contributed by atoms with Crippen LogP contribution in [-0.4, -0.2) is 0 Å². The second-order valence-corrected chi connectivity index (χ2v) is 3.47. The van der Waals surface area contributed by atoms with Crippen molar-refractivity contribution < 1.29 is 0 Å². The van der Waals surface area contributed by atoms with E-state index in [1.54, 1.807) is 0 Å². The predicted octanol–water partition coefficient (Wildman–Crippen LogP) is 0.378. The van der Waals surface area contributed by atoms with Crippen LogP contribution in [0, 0.1) is 4.61 Å². The van der Waals surface area contributed by atoms with Gasteiger partial charge in [-0.15, -0.1) is 0 Å². The first kappa shape index (κ1) is 2.43. The molecule has 1 heterocycles. The third-order valence-electron chi connectivity index (χ3n) is 0.173. The summed E-state index contributed by atoms with van der Waals surface area (Å²) in [6, 6.07) is 0. The summed E-state index contributed by atoms with van der Waals surface area (Å²) in [5.41, 5.74) is 0.